The van der Waals surface area contributed by atoms with Crippen molar-refractivity contribution in [2.24, 2.45) is 0 Å². The van der Waals surface area contributed by atoms with Gasteiger partial charge in [0.05, 0.1) is 6.54 Å². The van der Waals surface area contributed by atoms with Gasteiger partial charge in [-0.3, -0.25) is 4.79 Å². The van der Waals surface area contributed by atoms with Crippen LogP contribution in [0.5, 0.6) is 0 Å². The van der Waals surface area contributed by atoms with E-state index in [2.05, 4.69) is 24.1 Å². The molecule has 0 aliphatic carbocycles. The Hall–Kier alpha value is -1.19. The number of rotatable bonds is 8. The van der Waals surface area contributed by atoms with E-state index in [1.165, 1.54) is 5.56 Å². The van der Waals surface area contributed by atoms with E-state index in [0.29, 0.717) is 6.54 Å². The molecule has 1 N–H and O–H groups in total. The topological polar surface area (TPSA) is 32.3 Å². The van der Waals surface area contributed by atoms with Crippen molar-refractivity contribution in [2.45, 2.75) is 20.8 Å². The molecule has 0 atom stereocenters. The summed E-state index contributed by atoms with van der Waals surface area (Å²) in [5.41, 5.74) is 1.97. The Morgan fingerprint density at radius 1 is 1.17 bits per heavy atom. The second-order valence-corrected chi connectivity index (χ2v) is 4.49. The molecule has 18 heavy (non-hydrogen) atoms. The summed E-state index contributed by atoms with van der Waals surface area (Å²) in [5.74, 6) is 0.162. The zero-order valence-corrected chi connectivity index (χ0v) is 11.7. The van der Waals surface area contributed by atoms with E-state index in [1.54, 1.807) is 0 Å². The average Bonchev–Trinajstić information content (AvgIpc) is 2.39. The Balaban J connectivity index is 2.27. The third-order valence-corrected chi connectivity index (χ3v) is 3.16. The van der Waals surface area contributed by atoms with Gasteiger partial charge in [0.15, 0.2) is 5.78 Å². The molecule has 1 rings (SSSR count). The minimum Gasteiger partial charge on any atom is -0.308 e. The summed E-state index contributed by atoms with van der Waals surface area (Å²) in [5, 5.41) is 3.21. The average molecular weight is 248 g/mol. The Morgan fingerprint density at radius 2 is 1.78 bits per heavy atom. The van der Waals surface area contributed by atoms with Crippen molar-refractivity contribution in [3.05, 3.63) is 35.4 Å². The van der Waals surface area contributed by atoms with Gasteiger partial charge in [0, 0.05) is 18.7 Å². The van der Waals surface area contributed by atoms with Crippen molar-refractivity contribution in [1.82, 2.24) is 10.2 Å². The summed E-state index contributed by atoms with van der Waals surface area (Å²) in [6, 6.07) is 7.74. The van der Waals surface area contributed by atoms with Gasteiger partial charge in [0.2, 0.25) is 0 Å². The number of carbonyl (C=O) groups excluding carboxylic acids is 1. The van der Waals surface area contributed by atoms with Crippen LogP contribution < -0.4 is 5.32 Å². The van der Waals surface area contributed by atoms with Crippen molar-refractivity contribution < 1.29 is 4.79 Å². The molecule has 0 saturated heterocycles. The number of aryl methyl sites for hydroxylation is 1. The molecule has 3 nitrogen and oxygen atoms in total. The fourth-order valence-electron chi connectivity index (χ4n) is 1.82. The van der Waals surface area contributed by atoms with E-state index in [4.69, 9.17) is 0 Å². The van der Waals surface area contributed by atoms with Crippen molar-refractivity contribution in [1.29, 1.82) is 0 Å². The number of nitrogens with zero attached hydrogens (tertiary/aromatic N) is 1. The van der Waals surface area contributed by atoms with Crippen LogP contribution in [0.15, 0.2) is 24.3 Å². The first-order valence-electron chi connectivity index (χ1n) is 6.70. The van der Waals surface area contributed by atoms with Gasteiger partial charge >= 0.3 is 0 Å². The number of carbonyl (C=O) groups is 1. The molecule has 100 valence electrons. The fraction of sp³-hybridized carbons (Fsp3) is 0.533. The van der Waals surface area contributed by atoms with Crippen molar-refractivity contribution in [3.8, 4) is 0 Å². The molecule has 1 aromatic carbocycles. The smallest absolute Gasteiger partial charge is 0.176 e. The standard InChI is InChI=1S/C15H24N2O/c1-4-17(5-2)11-10-16-12-15(18)14-8-6-13(3)7-9-14/h6-9,16H,4-5,10-12H2,1-3H3. The summed E-state index contributed by atoms with van der Waals surface area (Å²) in [7, 11) is 0. The van der Waals surface area contributed by atoms with Crippen molar-refractivity contribution >= 4 is 5.78 Å². The van der Waals surface area contributed by atoms with Crippen LogP contribution in [0.25, 0.3) is 0 Å². The second-order valence-electron chi connectivity index (χ2n) is 4.49. The maximum absolute atomic E-state index is 11.9. The Morgan fingerprint density at radius 3 is 2.33 bits per heavy atom. The van der Waals surface area contributed by atoms with Gasteiger partial charge in [0.25, 0.3) is 0 Å². The molecule has 0 amide bonds. The number of Topliss-reactive ketones (excluding diaryl/α,β-unsaturated/α-hetero) is 1. The molecule has 0 aliphatic rings. The zero-order chi connectivity index (χ0) is 13.4. The zero-order valence-electron chi connectivity index (χ0n) is 11.7. The summed E-state index contributed by atoms with van der Waals surface area (Å²) in [6.45, 7) is 10.7. The van der Waals surface area contributed by atoms with Crippen LogP contribution in [0.2, 0.25) is 0 Å². The SMILES string of the molecule is CCN(CC)CCNCC(=O)c1ccc(C)cc1. The van der Waals surface area contributed by atoms with Gasteiger partial charge in [-0.2, -0.15) is 0 Å². The highest BCUT2D eigenvalue weighted by atomic mass is 16.1. The van der Waals surface area contributed by atoms with Gasteiger partial charge in [-0.1, -0.05) is 43.7 Å². The molecule has 0 aromatic heterocycles. The normalized spacial score (nSPS) is 10.9. The minimum atomic E-state index is 0.162. The van der Waals surface area contributed by atoms with E-state index in [-0.39, 0.29) is 5.78 Å². The number of likely N-dealkylation sites (N-methyl/N-ethyl adjacent to an activating group) is 1. The maximum Gasteiger partial charge on any atom is 0.176 e. The number of nitrogens with one attached hydrogen (secondary N) is 1. The predicted molar refractivity (Wildman–Crippen MR) is 76.2 cm³/mol. The molecule has 0 spiro atoms. The first kappa shape index (κ1) is 14.9. The molecule has 3 heteroatoms. The Labute approximate surface area is 110 Å². The summed E-state index contributed by atoms with van der Waals surface area (Å²) in [6.07, 6.45) is 0. The third kappa shape index (κ3) is 4.98. The predicted octanol–water partition coefficient (Wildman–Crippen LogP) is 2.11. The van der Waals surface area contributed by atoms with Gasteiger partial charge in [0.1, 0.15) is 0 Å². The largest absolute Gasteiger partial charge is 0.308 e. The first-order chi connectivity index (χ1) is 8.67. The van der Waals surface area contributed by atoms with Gasteiger partial charge in [-0.15, -0.1) is 0 Å². The lowest BCUT2D eigenvalue weighted by Gasteiger charge is -2.17. The monoisotopic (exact) mass is 248 g/mol. The molecule has 0 bridgehead atoms. The molecule has 0 saturated carbocycles. The lowest BCUT2D eigenvalue weighted by Crippen LogP contribution is -2.34. The van der Waals surface area contributed by atoms with Gasteiger partial charge < -0.3 is 10.2 Å². The van der Waals surface area contributed by atoms with E-state index in [1.807, 2.05) is 31.2 Å². The first-order valence-corrected chi connectivity index (χ1v) is 6.70. The highest BCUT2D eigenvalue weighted by Crippen LogP contribution is 2.03. The summed E-state index contributed by atoms with van der Waals surface area (Å²) >= 11 is 0. The highest BCUT2D eigenvalue weighted by molar-refractivity contribution is 5.97. The third-order valence-electron chi connectivity index (χ3n) is 3.16. The van der Waals surface area contributed by atoms with Crippen LogP contribution in [0, 0.1) is 6.92 Å². The molecular weight excluding hydrogens is 224 g/mol. The summed E-state index contributed by atoms with van der Waals surface area (Å²) < 4.78 is 0. The van der Waals surface area contributed by atoms with Crippen LogP contribution in [0.1, 0.15) is 29.8 Å². The molecule has 0 unspecified atom stereocenters. The molecular formula is C15H24N2O. The lowest BCUT2D eigenvalue weighted by atomic mass is 10.1. The molecule has 0 heterocycles. The van der Waals surface area contributed by atoms with E-state index >= 15 is 0 Å². The lowest BCUT2D eigenvalue weighted by molar-refractivity contribution is 0.0990. The van der Waals surface area contributed by atoms with Crippen LogP contribution in [0.3, 0.4) is 0 Å². The van der Waals surface area contributed by atoms with Crippen LogP contribution >= 0.6 is 0 Å². The number of ketones is 1. The Bertz CT molecular complexity index is 355. The van der Waals surface area contributed by atoms with E-state index < -0.39 is 0 Å². The molecule has 0 radical (unpaired) electrons. The number of benzene rings is 1. The summed E-state index contributed by atoms with van der Waals surface area (Å²) in [4.78, 5) is 14.2. The van der Waals surface area contributed by atoms with Crippen LogP contribution in [-0.2, 0) is 0 Å². The van der Waals surface area contributed by atoms with Gasteiger partial charge in [-0.05, 0) is 20.0 Å². The molecule has 0 aliphatic heterocycles. The van der Waals surface area contributed by atoms with E-state index in [9.17, 15) is 4.79 Å². The van der Waals surface area contributed by atoms with Crippen molar-refractivity contribution in [2.75, 3.05) is 32.7 Å². The maximum atomic E-state index is 11.9. The van der Waals surface area contributed by atoms with Crippen LogP contribution in [0.4, 0.5) is 0 Å². The Kier molecular flexibility index (Phi) is 6.61. The highest BCUT2D eigenvalue weighted by Gasteiger charge is 2.05. The number of hydrogen-bond donors (Lipinski definition) is 1. The number of hydrogen-bond acceptors (Lipinski definition) is 3. The van der Waals surface area contributed by atoms with E-state index in [0.717, 1.165) is 31.7 Å². The van der Waals surface area contributed by atoms with Crippen molar-refractivity contribution in [3.63, 3.8) is 0 Å². The second kappa shape index (κ2) is 8.01. The molecule has 1 aromatic rings. The van der Waals surface area contributed by atoms with Gasteiger partial charge in [-0.25, -0.2) is 0 Å². The fourth-order valence-corrected chi connectivity index (χ4v) is 1.82. The quantitative estimate of drug-likeness (QED) is 0.565. The molecule has 0 fully saturated rings. The van der Waals surface area contributed by atoms with Crippen LogP contribution in [-0.4, -0.2) is 43.4 Å². The minimum absolute atomic E-state index is 0.162.